The van der Waals surface area contributed by atoms with Crippen molar-refractivity contribution in [1.82, 2.24) is 10.2 Å². The number of hydrogen-bond acceptors (Lipinski definition) is 2. The van der Waals surface area contributed by atoms with Crippen molar-refractivity contribution < 1.29 is 4.79 Å². The Morgan fingerprint density at radius 3 is 2.53 bits per heavy atom. The molecule has 0 aromatic heterocycles. The average Bonchev–Trinajstić information content (AvgIpc) is 2.42. The summed E-state index contributed by atoms with van der Waals surface area (Å²) in [6, 6.07) is 7.76. The van der Waals surface area contributed by atoms with E-state index in [2.05, 4.69) is 10.2 Å². The number of hydrogen-bond donors (Lipinski definition) is 1. The second-order valence-electron chi connectivity index (χ2n) is 5.06. The third kappa shape index (κ3) is 5.21. The van der Waals surface area contributed by atoms with Crippen LogP contribution in [0.5, 0.6) is 0 Å². The van der Waals surface area contributed by atoms with Crippen LogP contribution in [0, 0.1) is 0 Å². The minimum absolute atomic E-state index is 0.135. The maximum atomic E-state index is 11.8. The van der Waals surface area contributed by atoms with Crippen LogP contribution in [0.15, 0.2) is 24.3 Å². The zero-order valence-corrected chi connectivity index (χ0v) is 12.0. The zero-order chi connectivity index (χ0) is 13.5. The summed E-state index contributed by atoms with van der Waals surface area (Å²) in [5, 5.41) is 3.73. The highest BCUT2D eigenvalue weighted by Gasteiger charge is 2.13. The molecule has 1 heterocycles. The molecule has 19 heavy (non-hydrogen) atoms. The first kappa shape index (κ1) is 14.4. The van der Waals surface area contributed by atoms with Gasteiger partial charge in [-0.3, -0.25) is 9.69 Å². The molecule has 1 fully saturated rings. The summed E-state index contributed by atoms with van der Waals surface area (Å²) < 4.78 is 0. The molecule has 3 nitrogen and oxygen atoms in total. The molecule has 1 aliphatic heterocycles. The van der Waals surface area contributed by atoms with Crippen LogP contribution in [0.25, 0.3) is 0 Å². The molecule has 0 spiro atoms. The molecular formula is C15H21ClN2O. The molecule has 0 unspecified atom stereocenters. The Bertz CT molecular complexity index is 399. The van der Waals surface area contributed by atoms with Gasteiger partial charge in [0.1, 0.15) is 0 Å². The molecule has 0 atom stereocenters. The highest BCUT2D eigenvalue weighted by Crippen LogP contribution is 2.10. The highest BCUT2D eigenvalue weighted by atomic mass is 35.5. The fourth-order valence-corrected chi connectivity index (χ4v) is 2.50. The summed E-state index contributed by atoms with van der Waals surface area (Å²) in [6.07, 6.45) is 4.59. The smallest absolute Gasteiger partial charge is 0.234 e. The summed E-state index contributed by atoms with van der Waals surface area (Å²) in [7, 11) is 0. The van der Waals surface area contributed by atoms with E-state index in [4.69, 9.17) is 11.6 Å². The van der Waals surface area contributed by atoms with Gasteiger partial charge in [-0.15, -0.1) is 0 Å². The predicted octanol–water partition coefficient (Wildman–Crippen LogP) is 2.48. The van der Waals surface area contributed by atoms with E-state index in [0.717, 1.165) is 24.5 Å². The zero-order valence-electron chi connectivity index (χ0n) is 11.2. The monoisotopic (exact) mass is 280 g/mol. The quantitative estimate of drug-likeness (QED) is 0.899. The number of amides is 1. The van der Waals surface area contributed by atoms with Gasteiger partial charge in [0.05, 0.1) is 6.54 Å². The SMILES string of the molecule is O=C(CN1CCCCC1)NCCc1ccc(Cl)cc1. The first-order chi connectivity index (χ1) is 9.24. The third-order valence-corrected chi connectivity index (χ3v) is 3.72. The van der Waals surface area contributed by atoms with Crippen LogP contribution in [-0.4, -0.2) is 37.0 Å². The fourth-order valence-electron chi connectivity index (χ4n) is 2.37. The minimum atomic E-state index is 0.135. The molecule has 1 N–H and O–H groups in total. The van der Waals surface area contributed by atoms with E-state index in [0.29, 0.717) is 13.1 Å². The summed E-state index contributed by atoms with van der Waals surface area (Å²) in [5.74, 6) is 0.135. The van der Waals surface area contributed by atoms with Gasteiger partial charge in [0, 0.05) is 11.6 Å². The lowest BCUT2D eigenvalue weighted by Gasteiger charge is -2.25. The molecule has 1 aromatic rings. The number of piperidine rings is 1. The Morgan fingerprint density at radius 2 is 1.84 bits per heavy atom. The van der Waals surface area contributed by atoms with Crippen LogP contribution >= 0.6 is 11.6 Å². The number of benzene rings is 1. The predicted molar refractivity (Wildman–Crippen MR) is 78.5 cm³/mol. The molecule has 1 aromatic carbocycles. The van der Waals surface area contributed by atoms with Gasteiger partial charge in [0.15, 0.2) is 0 Å². The lowest BCUT2D eigenvalue weighted by atomic mass is 10.1. The number of nitrogens with one attached hydrogen (secondary N) is 1. The number of nitrogens with zero attached hydrogens (tertiary/aromatic N) is 1. The van der Waals surface area contributed by atoms with Gasteiger partial charge >= 0.3 is 0 Å². The molecule has 2 rings (SSSR count). The third-order valence-electron chi connectivity index (χ3n) is 3.46. The lowest BCUT2D eigenvalue weighted by Crippen LogP contribution is -2.40. The van der Waals surface area contributed by atoms with Gasteiger partial charge in [-0.1, -0.05) is 30.2 Å². The standard InChI is InChI=1S/C15H21ClN2O/c16-14-6-4-13(5-7-14)8-9-17-15(19)12-18-10-2-1-3-11-18/h4-7H,1-3,8-12H2,(H,17,19). The maximum Gasteiger partial charge on any atom is 0.234 e. The molecule has 0 aliphatic carbocycles. The van der Waals surface area contributed by atoms with E-state index >= 15 is 0 Å². The minimum Gasteiger partial charge on any atom is -0.355 e. The van der Waals surface area contributed by atoms with E-state index in [1.165, 1.54) is 24.8 Å². The van der Waals surface area contributed by atoms with Crippen molar-refractivity contribution in [3.63, 3.8) is 0 Å². The Labute approximate surface area is 119 Å². The van der Waals surface area contributed by atoms with Crippen LogP contribution in [-0.2, 0) is 11.2 Å². The molecular weight excluding hydrogens is 260 g/mol. The summed E-state index contributed by atoms with van der Waals surface area (Å²) in [5.41, 5.74) is 1.20. The average molecular weight is 281 g/mol. The molecule has 0 saturated carbocycles. The van der Waals surface area contributed by atoms with Crippen molar-refractivity contribution in [1.29, 1.82) is 0 Å². The van der Waals surface area contributed by atoms with Crippen molar-refractivity contribution in [3.8, 4) is 0 Å². The largest absolute Gasteiger partial charge is 0.355 e. The van der Waals surface area contributed by atoms with Gasteiger partial charge in [-0.2, -0.15) is 0 Å². The Kier molecular flexibility index (Phi) is 5.67. The molecule has 1 saturated heterocycles. The molecule has 4 heteroatoms. The van der Waals surface area contributed by atoms with Crippen LogP contribution in [0.4, 0.5) is 0 Å². The van der Waals surface area contributed by atoms with E-state index in [1.54, 1.807) is 0 Å². The maximum absolute atomic E-state index is 11.8. The topological polar surface area (TPSA) is 32.3 Å². The fraction of sp³-hybridized carbons (Fsp3) is 0.533. The highest BCUT2D eigenvalue weighted by molar-refractivity contribution is 6.30. The normalized spacial score (nSPS) is 16.3. The van der Waals surface area contributed by atoms with Crippen molar-refractivity contribution in [2.45, 2.75) is 25.7 Å². The lowest BCUT2D eigenvalue weighted by molar-refractivity contribution is -0.122. The van der Waals surface area contributed by atoms with Crippen molar-refractivity contribution >= 4 is 17.5 Å². The second-order valence-corrected chi connectivity index (χ2v) is 5.50. The summed E-state index contributed by atoms with van der Waals surface area (Å²) >= 11 is 5.83. The number of carbonyl (C=O) groups excluding carboxylic acids is 1. The van der Waals surface area contributed by atoms with Gasteiger partial charge in [-0.25, -0.2) is 0 Å². The van der Waals surface area contributed by atoms with Gasteiger partial charge in [0.2, 0.25) is 5.91 Å². The van der Waals surface area contributed by atoms with E-state index < -0.39 is 0 Å². The van der Waals surface area contributed by atoms with Crippen LogP contribution < -0.4 is 5.32 Å². The number of rotatable bonds is 5. The van der Waals surface area contributed by atoms with Gasteiger partial charge in [-0.05, 0) is 50.0 Å². The van der Waals surface area contributed by atoms with Crippen LogP contribution in [0.1, 0.15) is 24.8 Å². The number of halogens is 1. The molecule has 0 bridgehead atoms. The first-order valence-electron chi connectivity index (χ1n) is 6.97. The van der Waals surface area contributed by atoms with Crippen LogP contribution in [0.3, 0.4) is 0 Å². The van der Waals surface area contributed by atoms with Crippen molar-refractivity contribution in [2.24, 2.45) is 0 Å². The Morgan fingerprint density at radius 1 is 1.16 bits per heavy atom. The number of carbonyl (C=O) groups is 1. The number of likely N-dealkylation sites (tertiary alicyclic amines) is 1. The Hall–Kier alpha value is -1.06. The van der Waals surface area contributed by atoms with E-state index in [1.807, 2.05) is 24.3 Å². The summed E-state index contributed by atoms with van der Waals surface area (Å²) in [6.45, 7) is 3.35. The van der Waals surface area contributed by atoms with Gasteiger partial charge < -0.3 is 5.32 Å². The van der Waals surface area contributed by atoms with Gasteiger partial charge in [0.25, 0.3) is 0 Å². The Balaban J connectivity index is 1.64. The van der Waals surface area contributed by atoms with E-state index in [9.17, 15) is 4.79 Å². The summed E-state index contributed by atoms with van der Waals surface area (Å²) in [4.78, 5) is 14.0. The molecule has 1 amide bonds. The molecule has 1 aliphatic rings. The molecule has 0 radical (unpaired) electrons. The molecule has 104 valence electrons. The second kappa shape index (κ2) is 7.51. The first-order valence-corrected chi connectivity index (χ1v) is 7.35. The van der Waals surface area contributed by atoms with Crippen molar-refractivity contribution in [3.05, 3.63) is 34.9 Å². The van der Waals surface area contributed by atoms with Crippen molar-refractivity contribution in [2.75, 3.05) is 26.2 Å². The van der Waals surface area contributed by atoms with E-state index in [-0.39, 0.29) is 5.91 Å². The van der Waals surface area contributed by atoms with Crippen LogP contribution in [0.2, 0.25) is 5.02 Å².